The molecule has 1 aromatic heterocycles. The zero-order valence-corrected chi connectivity index (χ0v) is 9.52. The second-order valence-corrected chi connectivity index (χ2v) is 4.51. The van der Waals surface area contributed by atoms with Gasteiger partial charge in [0.05, 0.1) is 19.0 Å². The van der Waals surface area contributed by atoms with E-state index in [0.29, 0.717) is 18.9 Å². The van der Waals surface area contributed by atoms with E-state index in [1.807, 2.05) is 4.68 Å². The molecule has 4 heteroatoms. The van der Waals surface area contributed by atoms with Crippen molar-refractivity contribution >= 4 is 12.2 Å². The monoisotopic (exact) mass is 221 g/mol. The van der Waals surface area contributed by atoms with E-state index < -0.39 is 0 Å². The molecule has 0 aromatic carbocycles. The molecule has 0 bridgehead atoms. The largest absolute Gasteiger partial charge is 0.301 e. The minimum Gasteiger partial charge on any atom is -0.301 e. The van der Waals surface area contributed by atoms with Gasteiger partial charge in [-0.25, -0.2) is 0 Å². The molecule has 0 atom stereocenters. The van der Waals surface area contributed by atoms with E-state index in [-0.39, 0.29) is 0 Å². The van der Waals surface area contributed by atoms with Gasteiger partial charge in [-0.15, -0.1) is 0 Å². The van der Waals surface area contributed by atoms with Crippen LogP contribution in [0.1, 0.15) is 43.7 Å². The smallest absolute Gasteiger partial charge is 0.122 e. The SMILES string of the molecule is N#CCCn1[nH]c(C2CCCC2)cc1=S. The Kier molecular flexibility index (Phi) is 3.22. The first kappa shape index (κ1) is 10.4. The number of nitrogens with one attached hydrogen (secondary N) is 1. The number of aryl methyl sites for hydroxylation is 1. The Morgan fingerprint density at radius 1 is 1.53 bits per heavy atom. The molecule has 2 rings (SSSR count). The third kappa shape index (κ3) is 2.29. The summed E-state index contributed by atoms with van der Waals surface area (Å²) in [5.74, 6) is 0.662. The summed E-state index contributed by atoms with van der Waals surface area (Å²) >= 11 is 5.24. The fourth-order valence-electron chi connectivity index (χ4n) is 2.23. The average molecular weight is 221 g/mol. The summed E-state index contributed by atoms with van der Waals surface area (Å²) in [4.78, 5) is 0. The van der Waals surface area contributed by atoms with Crippen LogP contribution in [0, 0.1) is 16.0 Å². The van der Waals surface area contributed by atoms with Gasteiger partial charge in [0.15, 0.2) is 0 Å². The fraction of sp³-hybridized carbons (Fsp3) is 0.636. The number of nitrogens with zero attached hydrogens (tertiary/aromatic N) is 2. The molecular formula is C11H15N3S. The highest BCUT2D eigenvalue weighted by Gasteiger charge is 2.18. The van der Waals surface area contributed by atoms with Crippen molar-refractivity contribution in [3.63, 3.8) is 0 Å². The Bertz CT molecular complexity index is 418. The molecule has 0 radical (unpaired) electrons. The average Bonchev–Trinajstić information content (AvgIpc) is 2.83. The molecule has 0 amide bonds. The van der Waals surface area contributed by atoms with Crippen LogP contribution in [-0.2, 0) is 6.54 Å². The summed E-state index contributed by atoms with van der Waals surface area (Å²) in [7, 11) is 0. The molecule has 1 saturated carbocycles. The maximum atomic E-state index is 8.53. The molecule has 1 aliphatic carbocycles. The van der Waals surface area contributed by atoms with Crippen molar-refractivity contribution < 1.29 is 0 Å². The first-order chi connectivity index (χ1) is 7.31. The number of H-pyrrole nitrogens is 1. The van der Waals surface area contributed by atoms with Gasteiger partial charge < -0.3 is 5.10 Å². The first-order valence-electron chi connectivity index (χ1n) is 5.48. The topological polar surface area (TPSA) is 44.5 Å². The van der Waals surface area contributed by atoms with Crippen molar-refractivity contribution in [1.82, 2.24) is 9.78 Å². The molecule has 1 N–H and O–H groups in total. The molecule has 1 aromatic rings. The van der Waals surface area contributed by atoms with Gasteiger partial charge in [0, 0.05) is 11.6 Å². The molecule has 3 nitrogen and oxygen atoms in total. The summed E-state index contributed by atoms with van der Waals surface area (Å²) in [5, 5.41) is 11.8. The van der Waals surface area contributed by atoms with E-state index >= 15 is 0 Å². The lowest BCUT2D eigenvalue weighted by molar-refractivity contribution is 0.589. The Balaban J connectivity index is 2.13. The number of hydrogen-bond donors (Lipinski definition) is 1. The van der Waals surface area contributed by atoms with Gasteiger partial charge in [-0.3, -0.25) is 4.68 Å². The van der Waals surface area contributed by atoms with E-state index in [1.165, 1.54) is 31.4 Å². The second kappa shape index (κ2) is 4.63. The molecule has 15 heavy (non-hydrogen) atoms. The van der Waals surface area contributed by atoms with E-state index in [9.17, 15) is 0 Å². The highest BCUT2D eigenvalue weighted by atomic mass is 32.1. The van der Waals surface area contributed by atoms with Gasteiger partial charge in [-0.1, -0.05) is 25.1 Å². The van der Waals surface area contributed by atoms with Crippen LogP contribution in [0.5, 0.6) is 0 Å². The van der Waals surface area contributed by atoms with Crippen LogP contribution in [-0.4, -0.2) is 9.78 Å². The number of rotatable bonds is 3. The lowest BCUT2D eigenvalue weighted by atomic mass is 10.1. The summed E-state index contributed by atoms with van der Waals surface area (Å²) in [5.41, 5.74) is 1.26. The summed E-state index contributed by atoms with van der Waals surface area (Å²) in [6.07, 6.45) is 5.71. The van der Waals surface area contributed by atoms with E-state index in [4.69, 9.17) is 17.5 Å². The predicted octanol–water partition coefficient (Wildman–Crippen LogP) is 3.12. The molecule has 80 valence electrons. The summed E-state index contributed by atoms with van der Waals surface area (Å²) in [6, 6.07) is 4.19. The third-order valence-corrected chi connectivity index (χ3v) is 3.39. The highest BCUT2D eigenvalue weighted by Crippen LogP contribution is 2.33. The van der Waals surface area contributed by atoms with Crippen LogP contribution in [0.2, 0.25) is 0 Å². The van der Waals surface area contributed by atoms with Crippen molar-refractivity contribution in [3.8, 4) is 6.07 Å². The van der Waals surface area contributed by atoms with Crippen LogP contribution < -0.4 is 0 Å². The van der Waals surface area contributed by atoms with Gasteiger partial charge in [0.1, 0.15) is 4.64 Å². The van der Waals surface area contributed by atoms with Gasteiger partial charge in [-0.2, -0.15) is 5.26 Å². The van der Waals surface area contributed by atoms with Crippen molar-refractivity contribution in [3.05, 3.63) is 16.4 Å². The van der Waals surface area contributed by atoms with Crippen LogP contribution in [0.25, 0.3) is 0 Å². The minimum absolute atomic E-state index is 0.513. The molecule has 0 unspecified atom stereocenters. The Hall–Kier alpha value is -1.08. The van der Waals surface area contributed by atoms with E-state index in [2.05, 4.69) is 17.2 Å². The maximum Gasteiger partial charge on any atom is 0.122 e. The van der Waals surface area contributed by atoms with Gasteiger partial charge in [0.2, 0.25) is 0 Å². The third-order valence-electron chi connectivity index (χ3n) is 3.05. The quantitative estimate of drug-likeness (QED) is 0.797. The Morgan fingerprint density at radius 2 is 2.27 bits per heavy atom. The number of aromatic nitrogens is 2. The zero-order chi connectivity index (χ0) is 10.7. The molecule has 0 saturated heterocycles. The van der Waals surface area contributed by atoms with E-state index in [1.54, 1.807) is 0 Å². The van der Waals surface area contributed by atoms with Crippen molar-refractivity contribution in [1.29, 1.82) is 5.26 Å². The molecule has 1 heterocycles. The first-order valence-corrected chi connectivity index (χ1v) is 5.89. The predicted molar refractivity (Wildman–Crippen MR) is 61.1 cm³/mol. The lowest BCUT2D eigenvalue weighted by Gasteiger charge is -2.05. The minimum atomic E-state index is 0.513. The zero-order valence-electron chi connectivity index (χ0n) is 8.70. The van der Waals surface area contributed by atoms with Crippen LogP contribution >= 0.6 is 12.2 Å². The Morgan fingerprint density at radius 3 is 2.93 bits per heavy atom. The van der Waals surface area contributed by atoms with Crippen LogP contribution in [0.3, 0.4) is 0 Å². The molecule has 0 aliphatic heterocycles. The second-order valence-electron chi connectivity index (χ2n) is 4.09. The van der Waals surface area contributed by atoms with Gasteiger partial charge in [0.25, 0.3) is 0 Å². The molecule has 0 spiro atoms. The van der Waals surface area contributed by atoms with E-state index in [0.717, 1.165) is 4.64 Å². The number of aromatic amines is 1. The summed E-state index contributed by atoms with van der Waals surface area (Å²) in [6.45, 7) is 0.683. The fourth-order valence-corrected chi connectivity index (χ4v) is 2.49. The lowest BCUT2D eigenvalue weighted by Crippen LogP contribution is -2.01. The normalized spacial score (nSPS) is 16.7. The van der Waals surface area contributed by atoms with Crippen molar-refractivity contribution in [2.24, 2.45) is 0 Å². The maximum absolute atomic E-state index is 8.53. The number of hydrogen-bond acceptors (Lipinski definition) is 2. The molecular weight excluding hydrogens is 206 g/mol. The standard InChI is InChI=1S/C11H15N3S/c12-6-3-7-14-11(15)8-10(13-14)9-4-1-2-5-9/h8-9,13H,1-5,7H2. The summed E-state index contributed by atoms with van der Waals surface area (Å²) < 4.78 is 2.74. The van der Waals surface area contributed by atoms with Crippen LogP contribution in [0.15, 0.2) is 6.07 Å². The van der Waals surface area contributed by atoms with Gasteiger partial charge >= 0.3 is 0 Å². The van der Waals surface area contributed by atoms with Crippen molar-refractivity contribution in [2.75, 3.05) is 0 Å². The molecule has 1 aliphatic rings. The molecule has 1 fully saturated rings. The Labute approximate surface area is 94.7 Å². The number of nitriles is 1. The van der Waals surface area contributed by atoms with Gasteiger partial charge in [-0.05, 0) is 18.9 Å². The highest BCUT2D eigenvalue weighted by molar-refractivity contribution is 7.71. The van der Waals surface area contributed by atoms with Crippen molar-refractivity contribution in [2.45, 2.75) is 44.6 Å². The van der Waals surface area contributed by atoms with Crippen LogP contribution in [0.4, 0.5) is 0 Å².